The lowest BCUT2D eigenvalue weighted by Gasteiger charge is -1.99. The highest BCUT2D eigenvalue weighted by Crippen LogP contribution is 2.04. The summed E-state index contributed by atoms with van der Waals surface area (Å²) in [6.45, 7) is 1.22. The molecule has 1 rings (SSSR count). The van der Waals surface area contributed by atoms with Crippen LogP contribution in [0.2, 0.25) is 0 Å². The van der Waals surface area contributed by atoms with Gasteiger partial charge in [-0.3, -0.25) is 5.43 Å². The molecule has 0 atom stereocenters. The van der Waals surface area contributed by atoms with Crippen molar-refractivity contribution in [3.8, 4) is 0 Å². The van der Waals surface area contributed by atoms with Crippen LogP contribution in [0, 0.1) is 0 Å². The quantitative estimate of drug-likeness (QED) is 0.357. The van der Waals surface area contributed by atoms with E-state index in [4.69, 9.17) is 5.21 Å². The van der Waals surface area contributed by atoms with Crippen LogP contribution >= 0.6 is 0 Å². The second kappa shape index (κ2) is 7.55. The van der Waals surface area contributed by atoms with Crippen molar-refractivity contribution in [1.29, 1.82) is 0 Å². The summed E-state index contributed by atoms with van der Waals surface area (Å²) in [5.41, 5.74) is 3.66. The third-order valence-corrected chi connectivity index (χ3v) is 1.64. The number of benzene rings is 1. The number of oxime groups is 2. The maximum atomic E-state index is 10.5. The van der Waals surface area contributed by atoms with Gasteiger partial charge < -0.3 is 10.0 Å². The van der Waals surface area contributed by atoms with Gasteiger partial charge in [0.25, 0.3) is 0 Å². The van der Waals surface area contributed by atoms with Gasteiger partial charge in [0.2, 0.25) is 0 Å². The number of nitrogens with zero attached hydrogens (tertiary/aromatic N) is 3. The van der Waals surface area contributed by atoms with E-state index >= 15 is 0 Å². The average Bonchev–Trinajstić information content (AvgIpc) is 2.37. The number of hydrazone groups is 1. The second-order valence-electron chi connectivity index (χ2n) is 3.08. The molecule has 1 aromatic carbocycles. The molecule has 0 radical (unpaired) electrons. The molecule has 1 aromatic rings. The second-order valence-corrected chi connectivity index (χ2v) is 3.08. The fourth-order valence-electron chi connectivity index (χ4n) is 0.947. The topological polar surface area (TPSA) is 95.6 Å². The van der Waals surface area contributed by atoms with Crippen molar-refractivity contribution in [2.75, 3.05) is 5.43 Å². The zero-order valence-electron chi connectivity index (χ0n) is 9.65. The highest BCUT2D eigenvalue weighted by molar-refractivity contribution is 6.55. The van der Waals surface area contributed by atoms with Crippen LogP contribution in [-0.4, -0.2) is 29.3 Å². The van der Waals surface area contributed by atoms with E-state index in [-0.39, 0.29) is 5.71 Å². The molecule has 2 N–H and O–H groups in total. The van der Waals surface area contributed by atoms with Gasteiger partial charge in [-0.25, -0.2) is 4.79 Å². The molecule has 0 aliphatic rings. The molecule has 0 unspecified atom stereocenters. The summed E-state index contributed by atoms with van der Waals surface area (Å²) in [5.74, 6) is -0.553. The van der Waals surface area contributed by atoms with Crippen LogP contribution in [0.4, 0.5) is 5.69 Å². The molecule has 0 amide bonds. The Morgan fingerprint density at radius 3 is 2.67 bits per heavy atom. The van der Waals surface area contributed by atoms with Gasteiger partial charge in [-0.1, -0.05) is 28.5 Å². The van der Waals surface area contributed by atoms with Crippen molar-refractivity contribution in [1.82, 2.24) is 0 Å². The molecular weight excluding hydrogens is 236 g/mol. The summed E-state index contributed by atoms with van der Waals surface area (Å²) >= 11 is 0. The Hall–Kier alpha value is -2.70. The van der Waals surface area contributed by atoms with Gasteiger partial charge in [0.15, 0.2) is 0 Å². The minimum atomic E-state index is -0.553. The molecule has 0 saturated heterocycles. The first-order valence-corrected chi connectivity index (χ1v) is 4.99. The Balaban J connectivity index is 2.66. The molecule has 0 bridgehead atoms. The number of para-hydroxylation sites is 1. The molecule has 0 aromatic heterocycles. The molecule has 7 heteroatoms. The van der Waals surface area contributed by atoms with Crippen molar-refractivity contribution in [2.24, 2.45) is 15.4 Å². The molecule has 0 heterocycles. The first kappa shape index (κ1) is 13.4. The Morgan fingerprint density at radius 1 is 1.33 bits per heavy atom. The molecule has 94 valence electrons. The van der Waals surface area contributed by atoms with E-state index in [0.717, 1.165) is 18.1 Å². The highest BCUT2D eigenvalue weighted by Gasteiger charge is 1.94. The van der Waals surface area contributed by atoms with Crippen LogP contribution in [0.25, 0.3) is 0 Å². The van der Waals surface area contributed by atoms with E-state index in [0.29, 0.717) is 0 Å². The van der Waals surface area contributed by atoms with E-state index < -0.39 is 5.97 Å². The van der Waals surface area contributed by atoms with Gasteiger partial charge in [-0.2, -0.15) is 5.10 Å². The predicted molar refractivity (Wildman–Crippen MR) is 68.0 cm³/mol. The average molecular weight is 248 g/mol. The molecule has 0 saturated carbocycles. The third kappa shape index (κ3) is 5.40. The fraction of sp³-hybridized carbons (Fsp3) is 0.0909. The molecule has 0 aliphatic carbocycles. The fourth-order valence-corrected chi connectivity index (χ4v) is 0.947. The van der Waals surface area contributed by atoms with Crippen LogP contribution in [0.1, 0.15) is 6.92 Å². The monoisotopic (exact) mass is 248 g/mol. The zero-order valence-corrected chi connectivity index (χ0v) is 9.65. The van der Waals surface area contributed by atoms with Crippen LogP contribution in [-0.2, 0) is 9.63 Å². The molecule has 0 aliphatic heterocycles. The number of rotatable bonds is 5. The maximum absolute atomic E-state index is 10.5. The van der Waals surface area contributed by atoms with Crippen molar-refractivity contribution in [2.45, 2.75) is 6.92 Å². The van der Waals surface area contributed by atoms with E-state index in [2.05, 4.69) is 25.7 Å². The van der Waals surface area contributed by atoms with Crippen LogP contribution in [0.5, 0.6) is 0 Å². The summed E-state index contributed by atoms with van der Waals surface area (Å²) in [6, 6.07) is 9.16. The third-order valence-electron chi connectivity index (χ3n) is 1.64. The van der Waals surface area contributed by atoms with Gasteiger partial charge in [0.1, 0.15) is 5.71 Å². The minimum absolute atomic E-state index is 0.183. The summed E-state index contributed by atoms with van der Waals surface area (Å²) in [6.07, 6.45) is 2.18. The molecule has 7 nitrogen and oxygen atoms in total. The van der Waals surface area contributed by atoms with Gasteiger partial charge in [0, 0.05) is 6.92 Å². The van der Waals surface area contributed by atoms with Crippen molar-refractivity contribution < 1.29 is 14.8 Å². The number of carbonyl (C=O) groups excluding carboxylic acids is 1. The normalized spacial score (nSPS) is 11.9. The Morgan fingerprint density at radius 2 is 2.06 bits per heavy atom. The Kier molecular flexibility index (Phi) is 5.61. The molecule has 18 heavy (non-hydrogen) atoms. The van der Waals surface area contributed by atoms with Crippen molar-refractivity contribution >= 4 is 29.8 Å². The minimum Gasteiger partial charge on any atom is -0.411 e. The highest BCUT2D eigenvalue weighted by atomic mass is 16.7. The van der Waals surface area contributed by atoms with Crippen LogP contribution in [0.15, 0.2) is 45.7 Å². The Labute approximate surface area is 103 Å². The van der Waals surface area contributed by atoms with Crippen LogP contribution in [0.3, 0.4) is 0 Å². The molecule has 0 fully saturated rings. The van der Waals surface area contributed by atoms with Gasteiger partial charge in [-0.05, 0) is 12.1 Å². The van der Waals surface area contributed by atoms with Crippen LogP contribution < -0.4 is 5.43 Å². The van der Waals surface area contributed by atoms with E-state index in [1.807, 2.05) is 18.2 Å². The summed E-state index contributed by atoms with van der Waals surface area (Å²) in [5, 5.41) is 18.5. The number of hydrogen-bond acceptors (Lipinski definition) is 7. The standard InChI is InChI=1S/C11H12N4O3/c1-9(16)18-13-8-11(7-12-17)15-14-10-5-3-2-4-6-10/h2-8,14,17H,1H3/b12-7+,13-8+,15-11+. The largest absolute Gasteiger partial charge is 0.411 e. The lowest BCUT2D eigenvalue weighted by molar-refractivity contribution is -0.140. The summed E-state index contributed by atoms with van der Waals surface area (Å²) in [4.78, 5) is 14.8. The SMILES string of the molecule is CC(=O)O/N=C/C(/C=N/O)=N/Nc1ccccc1. The van der Waals surface area contributed by atoms with Crippen molar-refractivity contribution in [3.63, 3.8) is 0 Å². The molecular formula is C11H12N4O3. The summed E-state index contributed by atoms with van der Waals surface area (Å²) < 4.78 is 0. The smallest absolute Gasteiger partial charge is 0.331 e. The van der Waals surface area contributed by atoms with E-state index in [9.17, 15) is 4.79 Å². The van der Waals surface area contributed by atoms with E-state index in [1.54, 1.807) is 12.1 Å². The maximum Gasteiger partial charge on any atom is 0.331 e. The Bertz CT molecular complexity index is 468. The predicted octanol–water partition coefficient (Wildman–Crippen LogP) is 1.46. The lowest BCUT2D eigenvalue weighted by atomic mass is 10.3. The first-order valence-electron chi connectivity index (χ1n) is 4.99. The number of carbonyl (C=O) groups is 1. The van der Waals surface area contributed by atoms with Gasteiger partial charge >= 0.3 is 5.97 Å². The molecule has 0 spiro atoms. The number of anilines is 1. The zero-order chi connectivity index (χ0) is 13.2. The van der Waals surface area contributed by atoms with Gasteiger partial charge in [-0.15, -0.1) is 0 Å². The summed E-state index contributed by atoms with van der Waals surface area (Å²) in [7, 11) is 0. The first-order chi connectivity index (χ1) is 8.72. The number of hydrogen-bond donors (Lipinski definition) is 2. The van der Waals surface area contributed by atoms with E-state index in [1.165, 1.54) is 6.92 Å². The van der Waals surface area contributed by atoms with Crippen molar-refractivity contribution in [3.05, 3.63) is 30.3 Å². The number of nitrogens with one attached hydrogen (secondary N) is 1. The lowest BCUT2D eigenvalue weighted by Crippen LogP contribution is -2.06. The van der Waals surface area contributed by atoms with Gasteiger partial charge in [0.05, 0.1) is 18.1 Å².